The molecule has 3 N–H and O–H groups in total. The summed E-state index contributed by atoms with van der Waals surface area (Å²) in [6, 6.07) is 8.21. The van der Waals surface area contributed by atoms with Crippen LogP contribution in [0.3, 0.4) is 0 Å². The van der Waals surface area contributed by atoms with Gasteiger partial charge in [0.25, 0.3) is 0 Å². The second-order valence-electron chi connectivity index (χ2n) is 7.47. The number of nitrogens with one attached hydrogen (secondary N) is 1. The van der Waals surface area contributed by atoms with Crippen molar-refractivity contribution in [3.05, 3.63) is 47.8 Å². The molecule has 1 atom stereocenters. The van der Waals surface area contributed by atoms with Gasteiger partial charge in [-0.15, -0.1) is 0 Å². The first kappa shape index (κ1) is 19.8. The quantitative estimate of drug-likeness (QED) is 0.711. The highest BCUT2D eigenvalue weighted by Crippen LogP contribution is 2.19. The molecule has 2 amide bonds. The monoisotopic (exact) mass is 408 g/mol. The van der Waals surface area contributed by atoms with E-state index in [1.807, 2.05) is 11.0 Å². The first-order valence-corrected chi connectivity index (χ1v) is 10.1. The number of pyridine rings is 2. The lowest BCUT2D eigenvalue weighted by molar-refractivity contribution is -0.134. The summed E-state index contributed by atoms with van der Waals surface area (Å²) in [5.74, 6) is 0.506. The minimum atomic E-state index is -0.409. The molecule has 0 spiro atoms. The Morgan fingerprint density at radius 3 is 2.73 bits per heavy atom. The first-order valence-electron chi connectivity index (χ1n) is 10.1. The number of amides is 2. The number of carbonyl (C=O) groups excluding carboxylic acids is 3. The van der Waals surface area contributed by atoms with E-state index in [1.165, 1.54) is 6.20 Å². The van der Waals surface area contributed by atoms with Crippen molar-refractivity contribution in [2.75, 3.05) is 36.8 Å². The molecule has 2 aromatic rings. The highest BCUT2D eigenvalue weighted by molar-refractivity contribution is 6.10. The smallest absolute Gasteiger partial charge is 0.245 e. The van der Waals surface area contributed by atoms with Crippen molar-refractivity contribution in [1.82, 2.24) is 20.2 Å². The maximum atomic E-state index is 12.8. The number of hydrogen-bond acceptors (Lipinski definition) is 7. The standard InChI is InChI=1S/C21H24N6O3/c22-20-14(4-2-9-23-20)19(29)15-5-1-6-17(24-15)26-10-3-11-27(13-12-26)21(30)16-7-8-18(28)25-16/h1-2,4-6,9,16H,3,7-8,10-13H2,(H2,22,23)(H,25,28). The number of anilines is 2. The third kappa shape index (κ3) is 4.10. The van der Waals surface area contributed by atoms with Gasteiger partial charge >= 0.3 is 0 Å². The Kier molecular flexibility index (Phi) is 5.60. The Morgan fingerprint density at radius 1 is 1.10 bits per heavy atom. The third-order valence-electron chi connectivity index (χ3n) is 5.48. The third-order valence-corrected chi connectivity index (χ3v) is 5.48. The Labute approximate surface area is 174 Å². The lowest BCUT2D eigenvalue weighted by atomic mass is 10.1. The average molecular weight is 408 g/mol. The Hall–Kier alpha value is -3.49. The van der Waals surface area contributed by atoms with E-state index in [-0.39, 0.29) is 23.4 Å². The molecule has 1 unspecified atom stereocenters. The second kappa shape index (κ2) is 8.48. The van der Waals surface area contributed by atoms with Gasteiger partial charge in [0.15, 0.2) is 0 Å². The van der Waals surface area contributed by atoms with E-state index in [0.29, 0.717) is 49.6 Å². The summed E-state index contributed by atoms with van der Waals surface area (Å²) < 4.78 is 0. The Morgan fingerprint density at radius 2 is 1.97 bits per heavy atom. The molecule has 9 heteroatoms. The first-order chi connectivity index (χ1) is 14.5. The van der Waals surface area contributed by atoms with Gasteiger partial charge in [0.2, 0.25) is 17.6 Å². The van der Waals surface area contributed by atoms with Crippen LogP contribution < -0.4 is 16.0 Å². The molecule has 2 fully saturated rings. The normalized spacial score (nSPS) is 19.3. The summed E-state index contributed by atoms with van der Waals surface area (Å²) in [6.45, 7) is 2.50. The van der Waals surface area contributed by atoms with E-state index >= 15 is 0 Å². The molecular weight excluding hydrogens is 384 g/mol. The molecular formula is C21H24N6O3. The molecule has 0 radical (unpaired) electrons. The average Bonchev–Trinajstić information content (AvgIpc) is 3.05. The van der Waals surface area contributed by atoms with Crippen molar-refractivity contribution in [3.8, 4) is 0 Å². The Bertz CT molecular complexity index is 979. The van der Waals surface area contributed by atoms with Crippen LogP contribution in [-0.2, 0) is 9.59 Å². The van der Waals surface area contributed by atoms with Crippen LogP contribution >= 0.6 is 0 Å². The van der Waals surface area contributed by atoms with Gasteiger partial charge in [-0.3, -0.25) is 14.4 Å². The predicted molar refractivity (Wildman–Crippen MR) is 111 cm³/mol. The molecule has 2 aliphatic rings. The summed E-state index contributed by atoms with van der Waals surface area (Å²) in [6.07, 6.45) is 3.28. The highest BCUT2D eigenvalue weighted by atomic mass is 16.2. The van der Waals surface area contributed by atoms with Crippen LogP contribution in [0.5, 0.6) is 0 Å². The molecule has 0 saturated carbocycles. The van der Waals surface area contributed by atoms with E-state index < -0.39 is 6.04 Å². The summed E-state index contributed by atoms with van der Waals surface area (Å²) in [5.41, 5.74) is 6.46. The van der Waals surface area contributed by atoms with Crippen molar-refractivity contribution in [2.24, 2.45) is 0 Å². The number of carbonyl (C=O) groups is 3. The number of nitrogens with zero attached hydrogens (tertiary/aromatic N) is 4. The van der Waals surface area contributed by atoms with Crippen LogP contribution in [-0.4, -0.2) is 64.7 Å². The van der Waals surface area contributed by atoms with Crippen LogP contribution in [0.2, 0.25) is 0 Å². The van der Waals surface area contributed by atoms with Gasteiger partial charge in [0, 0.05) is 38.8 Å². The molecule has 4 heterocycles. The zero-order valence-electron chi connectivity index (χ0n) is 16.6. The molecule has 156 valence electrons. The maximum absolute atomic E-state index is 12.8. The number of ketones is 1. The molecule has 2 aliphatic heterocycles. The zero-order valence-corrected chi connectivity index (χ0v) is 16.6. The number of aromatic nitrogens is 2. The van der Waals surface area contributed by atoms with Gasteiger partial charge in [-0.05, 0) is 37.1 Å². The summed E-state index contributed by atoms with van der Waals surface area (Å²) in [7, 11) is 0. The van der Waals surface area contributed by atoms with E-state index in [9.17, 15) is 14.4 Å². The van der Waals surface area contributed by atoms with E-state index in [1.54, 1.807) is 24.3 Å². The molecule has 2 saturated heterocycles. The minimum absolute atomic E-state index is 0.0216. The largest absolute Gasteiger partial charge is 0.383 e. The second-order valence-corrected chi connectivity index (χ2v) is 7.47. The predicted octanol–water partition coefficient (Wildman–Crippen LogP) is 0.607. The van der Waals surface area contributed by atoms with Gasteiger partial charge in [0.1, 0.15) is 23.4 Å². The minimum Gasteiger partial charge on any atom is -0.383 e. The van der Waals surface area contributed by atoms with Crippen molar-refractivity contribution in [1.29, 1.82) is 0 Å². The fourth-order valence-electron chi connectivity index (χ4n) is 3.86. The van der Waals surface area contributed by atoms with Gasteiger partial charge in [-0.2, -0.15) is 0 Å². The number of rotatable bonds is 4. The SMILES string of the molecule is Nc1ncccc1C(=O)c1cccc(N2CCCN(C(=O)C3CCC(=O)N3)CC2)n1. The summed E-state index contributed by atoms with van der Waals surface area (Å²) >= 11 is 0. The molecule has 0 aliphatic carbocycles. The van der Waals surface area contributed by atoms with Crippen LogP contribution in [0.4, 0.5) is 11.6 Å². The van der Waals surface area contributed by atoms with Gasteiger partial charge in [-0.25, -0.2) is 9.97 Å². The molecule has 0 bridgehead atoms. The number of nitrogen functional groups attached to an aromatic ring is 1. The van der Waals surface area contributed by atoms with Crippen LogP contribution in [0.25, 0.3) is 0 Å². The van der Waals surface area contributed by atoms with Crippen molar-refractivity contribution in [3.63, 3.8) is 0 Å². The lowest BCUT2D eigenvalue weighted by Crippen LogP contribution is -2.45. The van der Waals surface area contributed by atoms with Crippen LogP contribution in [0.15, 0.2) is 36.5 Å². The number of hydrogen-bond donors (Lipinski definition) is 2. The van der Waals surface area contributed by atoms with Crippen LogP contribution in [0.1, 0.15) is 35.3 Å². The highest BCUT2D eigenvalue weighted by Gasteiger charge is 2.31. The molecule has 2 aromatic heterocycles. The van der Waals surface area contributed by atoms with Crippen molar-refractivity contribution >= 4 is 29.2 Å². The zero-order chi connectivity index (χ0) is 21.1. The molecule has 0 aromatic carbocycles. The topological polar surface area (TPSA) is 122 Å². The molecule has 4 rings (SSSR count). The number of nitrogens with two attached hydrogens (primary N) is 1. The molecule has 30 heavy (non-hydrogen) atoms. The van der Waals surface area contributed by atoms with Crippen molar-refractivity contribution < 1.29 is 14.4 Å². The van der Waals surface area contributed by atoms with Gasteiger partial charge in [-0.1, -0.05) is 6.07 Å². The van der Waals surface area contributed by atoms with E-state index in [2.05, 4.69) is 20.2 Å². The summed E-state index contributed by atoms with van der Waals surface area (Å²) in [4.78, 5) is 49.3. The van der Waals surface area contributed by atoms with Gasteiger partial charge in [0.05, 0.1) is 5.56 Å². The summed E-state index contributed by atoms with van der Waals surface area (Å²) in [5, 5.41) is 2.75. The lowest BCUT2D eigenvalue weighted by Gasteiger charge is -2.25. The van der Waals surface area contributed by atoms with Crippen molar-refractivity contribution in [2.45, 2.75) is 25.3 Å². The van der Waals surface area contributed by atoms with E-state index in [4.69, 9.17) is 5.73 Å². The van der Waals surface area contributed by atoms with Crippen LogP contribution in [0, 0.1) is 0 Å². The van der Waals surface area contributed by atoms with E-state index in [0.717, 1.165) is 13.0 Å². The fraction of sp³-hybridized carbons (Fsp3) is 0.381. The Balaban J connectivity index is 1.45. The maximum Gasteiger partial charge on any atom is 0.245 e. The molecule has 9 nitrogen and oxygen atoms in total. The van der Waals surface area contributed by atoms with Gasteiger partial charge < -0.3 is 20.9 Å². The fourth-order valence-corrected chi connectivity index (χ4v) is 3.86.